The molecule has 142 valence electrons. The molecule has 6 nitrogen and oxygen atoms in total. The van der Waals surface area contributed by atoms with Crippen LogP contribution in [0.3, 0.4) is 0 Å². The van der Waals surface area contributed by atoms with E-state index in [1.54, 1.807) is 4.68 Å². The zero-order chi connectivity index (χ0) is 19.6. The molecule has 1 fully saturated rings. The van der Waals surface area contributed by atoms with Crippen molar-refractivity contribution in [2.24, 2.45) is 5.92 Å². The zero-order valence-electron chi connectivity index (χ0n) is 16.2. The first-order valence-corrected chi connectivity index (χ1v) is 9.13. The Labute approximate surface area is 159 Å². The first kappa shape index (κ1) is 18.9. The van der Waals surface area contributed by atoms with Gasteiger partial charge in [0.1, 0.15) is 0 Å². The molecule has 0 bridgehead atoms. The van der Waals surface area contributed by atoms with Crippen molar-refractivity contribution in [2.45, 2.75) is 40.5 Å². The largest absolute Gasteiger partial charge is 0.452 e. The minimum absolute atomic E-state index is 0.318. The number of hydrogen-bond acceptors (Lipinski definition) is 4. The molecule has 27 heavy (non-hydrogen) atoms. The molecule has 0 radical (unpaired) electrons. The highest BCUT2D eigenvalue weighted by Gasteiger charge is 2.23. The highest BCUT2D eigenvalue weighted by molar-refractivity contribution is 5.94. The number of hydrogen-bond donors (Lipinski definition) is 1. The quantitative estimate of drug-likeness (QED) is 0.625. The Morgan fingerprint density at radius 2 is 1.89 bits per heavy atom. The maximum absolute atomic E-state index is 12.2. The van der Waals surface area contributed by atoms with Gasteiger partial charge >= 0.3 is 5.97 Å². The number of carbonyl (C=O) groups is 2. The molecule has 0 aliphatic heterocycles. The number of esters is 1. The van der Waals surface area contributed by atoms with Gasteiger partial charge in [-0.1, -0.05) is 23.3 Å². The van der Waals surface area contributed by atoms with Crippen LogP contribution in [0.2, 0.25) is 0 Å². The molecule has 0 saturated heterocycles. The van der Waals surface area contributed by atoms with Gasteiger partial charge in [0, 0.05) is 6.08 Å². The third-order valence-electron chi connectivity index (χ3n) is 4.75. The second kappa shape index (κ2) is 7.78. The van der Waals surface area contributed by atoms with Crippen LogP contribution in [0, 0.1) is 26.7 Å². The fourth-order valence-electron chi connectivity index (χ4n) is 2.96. The van der Waals surface area contributed by atoms with E-state index in [4.69, 9.17) is 4.74 Å². The van der Waals surface area contributed by atoms with Crippen molar-refractivity contribution in [1.29, 1.82) is 0 Å². The number of rotatable bonds is 6. The number of aryl methyl sites for hydroxylation is 2. The molecule has 1 amide bonds. The topological polar surface area (TPSA) is 73.2 Å². The average molecular weight is 367 g/mol. The molecule has 1 aliphatic rings. The predicted molar refractivity (Wildman–Crippen MR) is 104 cm³/mol. The third-order valence-corrected chi connectivity index (χ3v) is 4.75. The lowest BCUT2D eigenvalue weighted by Crippen LogP contribution is -2.21. The molecule has 1 saturated carbocycles. The monoisotopic (exact) mass is 367 g/mol. The van der Waals surface area contributed by atoms with Crippen molar-refractivity contribution in [2.75, 3.05) is 11.9 Å². The summed E-state index contributed by atoms with van der Waals surface area (Å²) in [7, 11) is 0. The normalized spacial score (nSPS) is 14.1. The Kier molecular flexibility index (Phi) is 5.44. The van der Waals surface area contributed by atoms with E-state index in [1.807, 2.05) is 52.0 Å². The van der Waals surface area contributed by atoms with Crippen LogP contribution in [-0.4, -0.2) is 28.3 Å². The van der Waals surface area contributed by atoms with Gasteiger partial charge in [0.2, 0.25) is 0 Å². The lowest BCUT2D eigenvalue weighted by molar-refractivity contribution is -0.142. The summed E-state index contributed by atoms with van der Waals surface area (Å²) in [5, 5.41) is 7.31. The van der Waals surface area contributed by atoms with E-state index >= 15 is 0 Å². The first-order valence-electron chi connectivity index (χ1n) is 9.13. The molecule has 1 aliphatic carbocycles. The van der Waals surface area contributed by atoms with Crippen LogP contribution in [0.4, 0.5) is 5.69 Å². The summed E-state index contributed by atoms with van der Waals surface area (Å²) in [6, 6.07) is 7.99. The van der Waals surface area contributed by atoms with E-state index in [9.17, 15) is 9.59 Å². The van der Waals surface area contributed by atoms with E-state index in [-0.39, 0.29) is 12.5 Å². The Bertz CT molecular complexity index is 890. The van der Waals surface area contributed by atoms with Crippen LogP contribution >= 0.6 is 0 Å². The van der Waals surface area contributed by atoms with E-state index in [0.717, 1.165) is 29.8 Å². The summed E-state index contributed by atoms with van der Waals surface area (Å²) < 4.78 is 6.84. The number of nitrogens with zero attached hydrogens (tertiary/aromatic N) is 2. The van der Waals surface area contributed by atoms with E-state index in [0.29, 0.717) is 17.3 Å². The number of anilines is 1. The van der Waals surface area contributed by atoms with Gasteiger partial charge in [0.25, 0.3) is 5.91 Å². The second-order valence-corrected chi connectivity index (χ2v) is 7.11. The van der Waals surface area contributed by atoms with Gasteiger partial charge in [0.15, 0.2) is 6.61 Å². The van der Waals surface area contributed by atoms with Crippen LogP contribution in [0.25, 0.3) is 5.69 Å². The molecular weight excluding hydrogens is 342 g/mol. The Morgan fingerprint density at radius 1 is 1.22 bits per heavy atom. The summed E-state index contributed by atoms with van der Waals surface area (Å²) in [5.74, 6) is -0.349. The van der Waals surface area contributed by atoms with Gasteiger partial charge < -0.3 is 10.1 Å². The molecule has 1 N–H and O–H groups in total. The highest BCUT2D eigenvalue weighted by atomic mass is 16.5. The predicted octanol–water partition coefficient (Wildman–Crippen LogP) is 3.64. The Hall–Kier alpha value is -2.89. The standard InChI is InChI=1S/C21H25N3O3/c1-13-5-9-18(10-6-13)24-16(4)21(15(3)23-24)22-19(25)12-27-20(26)11-14(2)17-7-8-17/h5-6,9-11,17H,7-8,12H2,1-4H3,(H,22,25). The van der Waals surface area contributed by atoms with Gasteiger partial charge in [-0.15, -0.1) is 0 Å². The molecule has 1 aromatic carbocycles. The van der Waals surface area contributed by atoms with Crippen LogP contribution in [0.15, 0.2) is 35.9 Å². The molecule has 0 spiro atoms. The molecule has 1 heterocycles. The SMILES string of the molecule is CC(=CC(=O)OCC(=O)Nc1c(C)nn(-c2ccc(C)cc2)c1C)C1CC1. The van der Waals surface area contributed by atoms with Crippen molar-refractivity contribution < 1.29 is 14.3 Å². The second-order valence-electron chi connectivity index (χ2n) is 7.11. The van der Waals surface area contributed by atoms with Crippen LogP contribution < -0.4 is 5.32 Å². The molecule has 2 aromatic rings. The van der Waals surface area contributed by atoms with E-state index in [1.165, 1.54) is 11.6 Å². The molecule has 6 heteroatoms. The van der Waals surface area contributed by atoms with Crippen LogP contribution in [0.1, 0.15) is 36.7 Å². The summed E-state index contributed by atoms with van der Waals surface area (Å²) in [6.07, 6.45) is 3.73. The Balaban J connectivity index is 1.63. The van der Waals surface area contributed by atoms with Gasteiger partial charge in [-0.2, -0.15) is 5.10 Å². The van der Waals surface area contributed by atoms with E-state index < -0.39 is 5.97 Å². The number of nitrogens with one attached hydrogen (secondary N) is 1. The van der Waals surface area contributed by atoms with Crippen LogP contribution in [0.5, 0.6) is 0 Å². The van der Waals surface area contributed by atoms with Crippen molar-refractivity contribution in [1.82, 2.24) is 9.78 Å². The molecule has 1 aromatic heterocycles. The van der Waals surface area contributed by atoms with Crippen molar-refractivity contribution in [3.05, 3.63) is 52.9 Å². The zero-order valence-corrected chi connectivity index (χ0v) is 16.2. The van der Waals surface area contributed by atoms with E-state index in [2.05, 4.69) is 10.4 Å². The van der Waals surface area contributed by atoms with Crippen molar-refractivity contribution in [3.63, 3.8) is 0 Å². The van der Waals surface area contributed by atoms with Crippen LogP contribution in [-0.2, 0) is 14.3 Å². The third kappa shape index (κ3) is 4.64. The molecule has 0 unspecified atom stereocenters. The highest BCUT2D eigenvalue weighted by Crippen LogP contribution is 2.35. The number of allylic oxidation sites excluding steroid dienone is 1. The van der Waals surface area contributed by atoms with Crippen molar-refractivity contribution in [3.8, 4) is 5.69 Å². The Morgan fingerprint density at radius 3 is 2.52 bits per heavy atom. The maximum atomic E-state index is 12.2. The lowest BCUT2D eigenvalue weighted by Gasteiger charge is -2.08. The maximum Gasteiger partial charge on any atom is 0.331 e. The number of aromatic nitrogens is 2. The first-order chi connectivity index (χ1) is 12.8. The number of carbonyl (C=O) groups excluding carboxylic acids is 2. The summed E-state index contributed by atoms with van der Waals surface area (Å²) in [4.78, 5) is 24.0. The minimum Gasteiger partial charge on any atom is -0.452 e. The summed E-state index contributed by atoms with van der Waals surface area (Å²) >= 11 is 0. The average Bonchev–Trinajstić information content (AvgIpc) is 3.44. The lowest BCUT2D eigenvalue weighted by atomic mass is 10.2. The van der Waals surface area contributed by atoms with Gasteiger partial charge in [-0.05, 0) is 58.6 Å². The smallest absolute Gasteiger partial charge is 0.331 e. The van der Waals surface area contributed by atoms with Crippen molar-refractivity contribution >= 4 is 17.6 Å². The summed E-state index contributed by atoms with van der Waals surface area (Å²) in [5.41, 5.74) is 5.28. The fourth-order valence-corrected chi connectivity index (χ4v) is 2.96. The number of benzene rings is 1. The van der Waals surface area contributed by atoms with Gasteiger partial charge in [-0.25, -0.2) is 9.48 Å². The summed E-state index contributed by atoms with van der Waals surface area (Å²) in [6.45, 7) is 7.36. The molecular formula is C21H25N3O3. The van der Waals surface area contributed by atoms with Gasteiger partial charge in [-0.3, -0.25) is 4.79 Å². The number of ether oxygens (including phenoxy) is 1. The number of amides is 1. The molecule has 3 rings (SSSR count). The fraction of sp³-hybridized carbons (Fsp3) is 0.381. The minimum atomic E-state index is -0.474. The molecule has 0 atom stereocenters. The van der Waals surface area contributed by atoms with Gasteiger partial charge in [0.05, 0.1) is 22.8 Å².